The first-order valence-corrected chi connectivity index (χ1v) is 9.29. The number of methoxy groups -OCH3 is 2. The van der Waals surface area contributed by atoms with E-state index in [0.29, 0.717) is 54.3 Å². The first-order chi connectivity index (χ1) is 12.8. The summed E-state index contributed by atoms with van der Waals surface area (Å²) in [4.78, 5) is 14.4. The van der Waals surface area contributed by atoms with Crippen LogP contribution in [0.15, 0.2) is 28.8 Å². The molecule has 1 aromatic carbocycles. The molecule has 1 amide bonds. The average molecular weight is 374 g/mol. The van der Waals surface area contributed by atoms with Gasteiger partial charge in [-0.1, -0.05) is 32.9 Å². The van der Waals surface area contributed by atoms with Crippen LogP contribution in [0.5, 0.6) is 11.5 Å². The third-order valence-corrected chi connectivity index (χ3v) is 4.11. The smallest absolute Gasteiger partial charge is 0.223 e. The summed E-state index contributed by atoms with van der Waals surface area (Å²) in [7, 11) is 3.22. The second-order valence-electron chi connectivity index (χ2n) is 7.51. The number of rotatable bonds is 9. The monoisotopic (exact) mass is 374 g/mol. The van der Waals surface area contributed by atoms with Crippen molar-refractivity contribution in [3.8, 4) is 22.8 Å². The number of hydrogen-bond donors (Lipinski definition) is 0. The normalized spacial score (nSPS) is 11.1. The summed E-state index contributed by atoms with van der Waals surface area (Å²) in [5.41, 5.74) is 1.48. The third kappa shape index (κ3) is 5.74. The van der Waals surface area contributed by atoms with Crippen molar-refractivity contribution >= 4 is 5.91 Å². The van der Waals surface area contributed by atoms with Crippen molar-refractivity contribution in [2.24, 2.45) is 11.8 Å². The Balaban J connectivity index is 2.24. The Hall–Kier alpha value is -2.50. The molecule has 0 atom stereocenters. The molecule has 1 aromatic heterocycles. The van der Waals surface area contributed by atoms with E-state index < -0.39 is 0 Å². The highest BCUT2D eigenvalue weighted by Crippen LogP contribution is 2.34. The first-order valence-electron chi connectivity index (χ1n) is 9.29. The van der Waals surface area contributed by atoms with Crippen LogP contribution in [0.3, 0.4) is 0 Å². The number of amides is 1. The molecule has 2 rings (SSSR count). The van der Waals surface area contributed by atoms with Gasteiger partial charge in [-0.25, -0.2) is 0 Å². The van der Waals surface area contributed by atoms with E-state index >= 15 is 0 Å². The number of aromatic nitrogens is 1. The fourth-order valence-electron chi connectivity index (χ4n) is 2.89. The van der Waals surface area contributed by atoms with Gasteiger partial charge >= 0.3 is 0 Å². The molecule has 6 nitrogen and oxygen atoms in total. The molecule has 0 spiro atoms. The topological polar surface area (TPSA) is 64.8 Å². The second-order valence-corrected chi connectivity index (χ2v) is 7.51. The number of nitrogens with zero attached hydrogens (tertiary/aromatic N) is 2. The van der Waals surface area contributed by atoms with Gasteiger partial charge in [-0.3, -0.25) is 4.79 Å². The molecule has 0 radical (unpaired) electrons. The Labute approximate surface area is 161 Å². The van der Waals surface area contributed by atoms with Gasteiger partial charge in [0.15, 0.2) is 5.76 Å². The fourth-order valence-corrected chi connectivity index (χ4v) is 2.89. The standard InChI is InChI=1S/C21H30N2O4/c1-14(2)9-21(24)23(12-15(3)4)13-16-10-20(27-22-16)18-11-17(25-5)7-8-19(18)26-6/h7-8,10-11,14-15H,9,12-13H2,1-6H3. The Morgan fingerprint density at radius 3 is 2.44 bits per heavy atom. The van der Waals surface area contributed by atoms with Crippen LogP contribution in [0.25, 0.3) is 11.3 Å². The maximum absolute atomic E-state index is 12.6. The third-order valence-electron chi connectivity index (χ3n) is 4.11. The molecule has 0 saturated carbocycles. The van der Waals surface area contributed by atoms with Crippen LogP contribution in [0.1, 0.15) is 39.8 Å². The van der Waals surface area contributed by atoms with Crippen LogP contribution < -0.4 is 9.47 Å². The Morgan fingerprint density at radius 1 is 1.11 bits per heavy atom. The predicted molar refractivity (Wildman–Crippen MR) is 105 cm³/mol. The summed E-state index contributed by atoms with van der Waals surface area (Å²) < 4.78 is 16.2. The number of hydrogen-bond acceptors (Lipinski definition) is 5. The van der Waals surface area contributed by atoms with Gasteiger partial charge in [0.1, 0.15) is 17.2 Å². The van der Waals surface area contributed by atoms with Gasteiger partial charge in [0.2, 0.25) is 5.91 Å². The van der Waals surface area contributed by atoms with Crippen molar-refractivity contribution in [2.75, 3.05) is 20.8 Å². The summed E-state index contributed by atoms with van der Waals surface area (Å²) in [6.07, 6.45) is 0.529. The van der Waals surface area contributed by atoms with Gasteiger partial charge in [0.25, 0.3) is 0 Å². The molecule has 0 bridgehead atoms. The van der Waals surface area contributed by atoms with Crippen molar-refractivity contribution in [3.05, 3.63) is 30.0 Å². The number of benzene rings is 1. The van der Waals surface area contributed by atoms with Crippen molar-refractivity contribution in [2.45, 2.75) is 40.7 Å². The highest BCUT2D eigenvalue weighted by Gasteiger charge is 2.20. The zero-order valence-electron chi connectivity index (χ0n) is 17.1. The summed E-state index contributed by atoms with van der Waals surface area (Å²) in [5.74, 6) is 2.81. The van der Waals surface area contributed by atoms with E-state index in [1.165, 1.54) is 0 Å². The zero-order chi connectivity index (χ0) is 20.0. The lowest BCUT2D eigenvalue weighted by molar-refractivity contribution is -0.133. The molecule has 0 aliphatic rings. The molecular formula is C21H30N2O4. The van der Waals surface area contributed by atoms with E-state index in [9.17, 15) is 4.79 Å². The molecule has 2 aromatic rings. The van der Waals surface area contributed by atoms with Gasteiger partial charge in [-0.2, -0.15) is 0 Å². The van der Waals surface area contributed by atoms with E-state index in [1.807, 2.05) is 29.2 Å². The highest BCUT2D eigenvalue weighted by atomic mass is 16.5. The lowest BCUT2D eigenvalue weighted by atomic mass is 10.1. The first kappa shape index (κ1) is 20.8. The van der Waals surface area contributed by atoms with Crippen molar-refractivity contribution in [3.63, 3.8) is 0 Å². The Bertz CT molecular complexity index is 752. The average Bonchev–Trinajstić information content (AvgIpc) is 3.08. The molecule has 0 unspecified atom stereocenters. The van der Waals surface area contributed by atoms with Crippen LogP contribution in [-0.4, -0.2) is 36.7 Å². The van der Waals surface area contributed by atoms with Crippen LogP contribution in [0.4, 0.5) is 0 Å². The number of ether oxygens (including phenoxy) is 2. The van der Waals surface area contributed by atoms with Crippen molar-refractivity contribution < 1.29 is 18.8 Å². The maximum Gasteiger partial charge on any atom is 0.223 e. The van der Waals surface area contributed by atoms with Gasteiger partial charge in [0.05, 0.1) is 26.3 Å². The minimum atomic E-state index is 0.141. The molecule has 0 N–H and O–H groups in total. The highest BCUT2D eigenvalue weighted by molar-refractivity contribution is 5.76. The molecule has 148 valence electrons. The van der Waals surface area contributed by atoms with Gasteiger partial charge in [-0.05, 0) is 30.0 Å². The number of carbonyl (C=O) groups excluding carboxylic acids is 1. The molecular weight excluding hydrogens is 344 g/mol. The summed E-state index contributed by atoms with van der Waals surface area (Å²) in [6, 6.07) is 7.36. The summed E-state index contributed by atoms with van der Waals surface area (Å²) >= 11 is 0. The number of carbonyl (C=O) groups is 1. The van der Waals surface area contributed by atoms with E-state index in [1.54, 1.807) is 14.2 Å². The lowest BCUT2D eigenvalue weighted by Crippen LogP contribution is -2.34. The van der Waals surface area contributed by atoms with Crippen LogP contribution in [-0.2, 0) is 11.3 Å². The fraction of sp³-hybridized carbons (Fsp3) is 0.524. The van der Waals surface area contributed by atoms with Crippen LogP contribution >= 0.6 is 0 Å². The van der Waals surface area contributed by atoms with Crippen molar-refractivity contribution in [1.82, 2.24) is 10.1 Å². The quantitative estimate of drug-likeness (QED) is 0.651. The zero-order valence-corrected chi connectivity index (χ0v) is 17.1. The predicted octanol–water partition coefficient (Wildman–Crippen LogP) is 4.39. The summed E-state index contributed by atoms with van der Waals surface area (Å²) in [6.45, 7) is 9.43. The maximum atomic E-state index is 12.6. The largest absolute Gasteiger partial charge is 0.497 e. The van der Waals surface area contributed by atoms with E-state index in [-0.39, 0.29) is 5.91 Å². The van der Waals surface area contributed by atoms with Gasteiger partial charge in [-0.15, -0.1) is 0 Å². The van der Waals surface area contributed by atoms with E-state index in [4.69, 9.17) is 14.0 Å². The Morgan fingerprint density at radius 2 is 1.85 bits per heavy atom. The van der Waals surface area contributed by atoms with Crippen LogP contribution in [0, 0.1) is 11.8 Å². The van der Waals surface area contributed by atoms with Crippen LogP contribution in [0.2, 0.25) is 0 Å². The van der Waals surface area contributed by atoms with Gasteiger partial charge in [0, 0.05) is 19.0 Å². The minimum absolute atomic E-state index is 0.141. The van der Waals surface area contributed by atoms with E-state index in [0.717, 1.165) is 5.56 Å². The molecule has 0 aliphatic heterocycles. The molecule has 6 heteroatoms. The molecule has 0 fully saturated rings. The van der Waals surface area contributed by atoms with Gasteiger partial charge < -0.3 is 18.9 Å². The lowest BCUT2D eigenvalue weighted by Gasteiger charge is -2.24. The minimum Gasteiger partial charge on any atom is -0.497 e. The molecule has 0 saturated heterocycles. The summed E-state index contributed by atoms with van der Waals surface area (Å²) in [5, 5.41) is 4.17. The molecule has 1 heterocycles. The Kier molecular flexibility index (Phi) is 7.28. The second kappa shape index (κ2) is 9.44. The molecule has 0 aliphatic carbocycles. The van der Waals surface area contributed by atoms with E-state index in [2.05, 4.69) is 32.9 Å². The molecule has 27 heavy (non-hydrogen) atoms. The van der Waals surface area contributed by atoms with Crippen molar-refractivity contribution in [1.29, 1.82) is 0 Å². The SMILES string of the molecule is COc1ccc(OC)c(-c2cc(CN(CC(C)C)C(=O)CC(C)C)no2)c1.